The Labute approximate surface area is 282 Å². The molecule has 0 bridgehead atoms. The molecule has 9 heteroatoms. The van der Waals surface area contributed by atoms with Crippen molar-refractivity contribution >= 4 is 17.5 Å². The van der Waals surface area contributed by atoms with Gasteiger partial charge in [0.25, 0.3) is 5.91 Å². The standard InChI is InChI=1S/C23H26N6O.C6H12.C5H8.C4H11NO/c1-3-25-21-12-19(28-22(29-21)16-6-7-16)14(2)27-23(30)17-8-4-15(5-9-17)18-10-11-20(24)26-13-18;1-2-4-6-5-3-1;1-5-3-2-4-5;1-5-3-4-6-2/h4-5,8-14,16H,3,6-7H2,1-2H3,(H2,24,26)(H,27,30)(H,25,28,29);1-6H2;1-4H2;5H,3-4H2,1-2H3. The van der Waals surface area contributed by atoms with Gasteiger partial charge in [0.05, 0.1) is 18.3 Å². The molecule has 3 aliphatic rings. The number of aromatic nitrogens is 3. The lowest BCUT2D eigenvalue weighted by atomic mass is 9.95. The SMILES string of the molecule is C1CCCCC1.C=C1CCC1.CCNc1cc(C(C)NC(=O)c2ccc(-c3ccc(N)nc3)cc2)nc(C2CC2)n1.CNCCOC. The Kier molecular flexibility index (Phi) is 16.9. The Morgan fingerprint density at radius 2 is 1.60 bits per heavy atom. The molecule has 3 aromatic rings. The van der Waals surface area contributed by atoms with Crippen LogP contribution in [0.3, 0.4) is 0 Å². The van der Waals surface area contributed by atoms with Crippen LogP contribution in [0.1, 0.15) is 118 Å². The van der Waals surface area contributed by atoms with Crippen molar-refractivity contribution in [1.82, 2.24) is 25.6 Å². The molecule has 0 aliphatic heterocycles. The van der Waals surface area contributed by atoms with E-state index < -0.39 is 0 Å². The third kappa shape index (κ3) is 14.2. The highest BCUT2D eigenvalue weighted by molar-refractivity contribution is 5.94. The van der Waals surface area contributed by atoms with Crippen LogP contribution in [0.15, 0.2) is 60.8 Å². The third-order valence-corrected chi connectivity index (χ3v) is 8.24. The quantitative estimate of drug-likeness (QED) is 0.130. The van der Waals surface area contributed by atoms with Gasteiger partial charge in [0.15, 0.2) is 0 Å². The van der Waals surface area contributed by atoms with Crippen LogP contribution in [0.2, 0.25) is 0 Å². The first-order valence-electron chi connectivity index (χ1n) is 17.4. The number of nitrogens with one attached hydrogen (secondary N) is 3. The van der Waals surface area contributed by atoms with Gasteiger partial charge in [0, 0.05) is 49.5 Å². The number of anilines is 2. The highest BCUT2D eigenvalue weighted by atomic mass is 16.5. The summed E-state index contributed by atoms with van der Waals surface area (Å²) in [5.41, 5.74) is 10.4. The number of carbonyl (C=O) groups excluding carboxylic acids is 1. The second-order valence-electron chi connectivity index (χ2n) is 12.4. The maximum absolute atomic E-state index is 12.8. The van der Waals surface area contributed by atoms with E-state index in [2.05, 4.69) is 32.5 Å². The molecule has 256 valence electrons. The fraction of sp³-hybridized carbons (Fsp3) is 0.526. The molecule has 0 radical (unpaired) electrons. The van der Waals surface area contributed by atoms with Gasteiger partial charge < -0.3 is 26.4 Å². The molecule has 1 unspecified atom stereocenters. The van der Waals surface area contributed by atoms with Gasteiger partial charge in [-0.3, -0.25) is 4.79 Å². The number of pyridine rings is 1. The summed E-state index contributed by atoms with van der Waals surface area (Å²) >= 11 is 0. The van der Waals surface area contributed by atoms with Crippen LogP contribution >= 0.6 is 0 Å². The summed E-state index contributed by atoms with van der Waals surface area (Å²) in [6.45, 7) is 10.3. The van der Waals surface area contributed by atoms with Crippen molar-refractivity contribution in [3.63, 3.8) is 0 Å². The van der Waals surface area contributed by atoms with Gasteiger partial charge in [-0.1, -0.05) is 62.8 Å². The maximum Gasteiger partial charge on any atom is 0.251 e. The van der Waals surface area contributed by atoms with Gasteiger partial charge in [-0.05, 0) is 82.8 Å². The van der Waals surface area contributed by atoms with E-state index in [0.717, 1.165) is 61.0 Å². The van der Waals surface area contributed by atoms with E-state index in [4.69, 9.17) is 15.5 Å². The number of nitrogens with zero attached hydrogens (tertiary/aromatic N) is 3. The van der Waals surface area contributed by atoms with Crippen LogP contribution in [0.5, 0.6) is 0 Å². The first kappa shape index (κ1) is 37.6. The minimum Gasteiger partial charge on any atom is -0.384 e. The van der Waals surface area contributed by atoms with Crippen LogP contribution in [0, 0.1) is 0 Å². The smallest absolute Gasteiger partial charge is 0.251 e. The van der Waals surface area contributed by atoms with Crippen molar-refractivity contribution in [2.75, 3.05) is 44.9 Å². The molecule has 2 heterocycles. The maximum atomic E-state index is 12.8. The Balaban J connectivity index is 0.000000285. The van der Waals surface area contributed by atoms with Gasteiger partial charge in [-0.25, -0.2) is 15.0 Å². The molecule has 9 nitrogen and oxygen atoms in total. The number of methoxy groups -OCH3 is 1. The summed E-state index contributed by atoms with van der Waals surface area (Å²) in [5.74, 6) is 2.47. The molecule has 0 saturated heterocycles. The van der Waals surface area contributed by atoms with Crippen molar-refractivity contribution in [1.29, 1.82) is 0 Å². The third-order valence-electron chi connectivity index (χ3n) is 8.24. The number of rotatable bonds is 10. The van der Waals surface area contributed by atoms with Crippen LogP contribution in [-0.4, -0.2) is 54.7 Å². The fourth-order valence-electron chi connectivity index (χ4n) is 4.94. The summed E-state index contributed by atoms with van der Waals surface area (Å²) in [4.78, 5) is 26.2. The van der Waals surface area contributed by atoms with Gasteiger partial charge in [-0.2, -0.15) is 0 Å². The Morgan fingerprint density at radius 1 is 0.979 bits per heavy atom. The zero-order chi connectivity index (χ0) is 33.9. The van der Waals surface area contributed by atoms with E-state index in [1.54, 1.807) is 19.4 Å². The number of carbonyl (C=O) groups is 1. The summed E-state index contributed by atoms with van der Waals surface area (Å²) in [6, 6.07) is 12.8. The van der Waals surface area contributed by atoms with Crippen molar-refractivity contribution < 1.29 is 9.53 Å². The van der Waals surface area contributed by atoms with E-state index in [9.17, 15) is 4.79 Å². The Morgan fingerprint density at radius 3 is 2.04 bits per heavy atom. The fourth-order valence-corrected chi connectivity index (χ4v) is 4.94. The summed E-state index contributed by atoms with van der Waals surface area (Å²) in [5, 5.41) is 9.25. The number of amides is 1. The van der Waals surface area contributed by atoms with Crippen LogP contribution in [0.25, 0.3) is 11.1 Å². The molecule has 1 aromatic carbocycles. The first-order valence-corrected chi connectivity index (χ1v) is 17.4. The second kappa shape index (κ2) is 21.1. The number of benzene rings is 1. The van der Waals surface area contributed by atoms with E-state index in [1.165, 1.54) is 63.4 Å². The van der Waals surface area contributed by atoms with Crippen molar-refractivity contribution in [2.45, 2.75) is 96.4 Å². The molecule has 6 rings (SSSR count). The summed E-state index contributed by atoms with van der Waals surface area (Å²) in [6.07, 6.45) is 17.0. The molecule has 47 heavy (non-hydrogen) atoms. The molecular weight excluding hydrogens is 586 g/mol. The zero-order valence-electron chi connectivity index (χ0n) is 29.1. The average Bonchev–Trinajstić information content (AvgIpc) is 3.95. The number of allylic oxidation sites excluding steroid dienone is 1. The molecule has 2 aromatic heterocycles. The van der Waals surface area contributed by atoms with Crippen molar-refractivity contribution in [2.24, 2.45) is 0 Å². The number of ether oxygens (including phenoxy) is 1. The lowest BCUT2D eigenvalue weighted by molar-refractivity contribution is 0.0939. The summed E-state index contributed by atoms with van der Waals surface area (Å²) in [7, 11) is 3.59. The topological polar surface area (TPSA) is 127 Å². The molecule has 3 saturated carbocycles. The zero-order valence-corrected chi connectivity index (χ0v) is 29.1. The van der Waals surface area contributed by atoms with Crippen LogP contribution in [0.4, 0.5) is 11.6 Å². The van der Waals surface area contributed by atoms with Gasteiger partial charge in [0.1, 0.15) is 17.5 Å². The van der Waals surface area contributed by atoms with Gasteiger partial charge >= 0.3 is 0 Å². The minimum atomic E-state index is -0.226. The normalized spacial score (nSPS) is 15.6. The van der Waals surface area contributed by atoms with Crippen molar-refractivity contribution in [3.8, 4) is 11.1 Å². The predicted molar refractivity (Wildman–Crippen MR) is 195 cm³/mol. The Bertz CT molecular complexity index is 1320. The molecule has 5 N–H and O–H groups in total. The van der Waals surface area contributed by atoms with Gasteiger partial charge in [0.2, 0.25) is 0 Å². The highest BCUT2D eigenvalue weighted by Crippen LogP contribution is 2.38. The van der Waals surface area contributed by atoms with Crippen molar-refractivity contribution in [3.05, 3.63) is 77.9 Å². The average molecular weight is 644 g/mol. The molecule has 0 spiro atoms. The van der Waals surface area contributed by atoms with Crippen LogP contribution in [-0.2, 0) is 4.74 Å². The lowest BCUT2D eigenvalue weighted by Crippen LogP contribution is -2.27. The number of hydrogen-bond acceptors (Lipinski definition) is 8. The van der Waals surface area contributed by atoms with Crippen LogP contribution < -0.4 is 21.7 Å². The van der Waals surface area contributed by atoms with E-state index in [-0.39, 0.29) is 11.9 Å². The van der Waals surface area contributed by atoms with E-state index in [1.807, 2.05) is 57.3 Å². The van der Waals surface area contributed by atoms with E-state index in [0.29, 0.717) is 17.3 Å². The largest absolute Gasteiger partial charge is 0.384 e. The molecule has 3 fully saturated rings. The molecule has 1 amide bonds. The van der Waals surface area contributed by atoms with E-state index >= 15 is 0 Å². The number of likely N-dealkylation sites (N-methyl/N-ethyl adjacent to an activating group) is 1. The summed E-state index contributed by atoms with van der Waals surface area (Å²) < 4.78 is 4.72. The highest BCUT2D eigenvalue weighted by Gasteiger charge is 2.28. The Hall–Kier alpha value is -3.82. The number of nitrogens with two attached hydrogens (primary N) is 1. The number of hydrogen-bond donors (Lipinski definition) is 4. The number of nitrogen functional groups attached to an aromatic ring is 1. The second-order valence-corrected chi connectivity index (χ2v) is 12.4. The molecule has 3 aliphatic carbocycles. The minimum absolute atomic E-state index is 0.138. The predicted octanol–water partition coefficient (Wildman–Crippen LogP) is 7.84. The van der Waals surface area contributed by atoms with Gasteiger partial charge in [-0.15, -0.1) is 0 Å². The molecule has 1 atom stereocenters. The first-order chi connectivity index (χ1) is 22.8. The molecular formula is C38H57N7O2. The monoisotopic (exact) mass is 643 g/mol. The lowest BCUT2D eigenvalue weighted by Gasteiger charge is -2.16.